The van der Waals surface area contributed by atoms with E-state index in [1.807, 2.05) is 4.90 Å². The van der Waals surface area contributed by atoms with E-state index in [2.05, 4.69) is 5.32 Å². The van der Waals surface area contributed by atoms with Gasteiger partial charge in [0.2, 0.25) is 5.91 Å². The molecule has 2 fully saturated rings. The Balaban J connectivity index is 1.66. The van der Waals surface area contributed by atoms with Crippen LogP contribution >= 0.6 is 0 Å². The lowest BCUT2D eigenvalue weighted by molar-refractivity contribution is -0.120. The summed E-state index contributed by atoms with van der Waals surface area (Å²) in [6.45, 7) is 2.67. The van der Waals surface area contributed by atoms with Crippen LogP contribution in [0.5, 0.6) is 0 Å². The molecule has 136 valence electrons. The minimum atomic E-state index is -0.564. The predicted octanol–water partition coefficient (Wildman–Crippen LogP) is 0.0624. The Morgan fingerprint density at radius 1 is 1.36 bits per heavy atom. The number of amides is 2. The molecule has 0 saturated carbocycles. The van der Waals surface area contributed by atoms with Gasteiger partial charge >= 0.3 is 6.09 Å². The van der Waals surface area contributed by atoms with E-state index in [0.29, 0.717) is 37.7 Å². The van der Waals surface area contributed by atoms with Crippen molar-refractivity contribution in [3.05, 3.63) is 24.0 Å². The molecule has 0 bridgehead atoms. The monoisotopic (exact) mass is 352 g/mol. The van der Waals surface area contributed by atoms with E-state index < -0.39 is 18.0 Å². The number of cyclic esters (lactones) is 1. The lowest BCUT2D eigenvalue weighted by Crippen LogP contribution is -2.37. The lowest BCUT2D eigenvalue weighted by Gasteiger charge is -2.29. The van der Waals surface area contributed by atoms with Gasteiger partial charge in [0.05, 0.1) is 44.2 Å². The third kappa shape index (κ3) is 3.99. The standard InChI is InChI=1S/C16H21FN4O4/c17-13-7-11(1-2-14(13)20-3-5-24-6-4-20)21-10-12(25-16(21)23)9-19-15(22)8-18/h1-2,7,12H,3-6,8-10,18H2,(H,19,22)/t12-/m1/s1. The van der Waals surface area contributed by atoms with Crippen LogP contribution in [0.3, 0.4) is 0 Å². The van der Waals surface area contributed by atoms with Crippen molar-refractivity contribution in [2.24, 2.45) is 5.73 Å². The quantitative estimate of drug-likeness (QED) is 0.778. The van der Waals surface area contributed by atoms with Crippen LogP contribution in [0.2, 0.25) is 0 Å². The number of nitrogens with zero attached hydrogens (tertiary/aromatic N) is 2. The lowest BCUT2D eigenvalue weighted by atomic mass is 10.2. The van der Waals surface area contributed by atoms with Crippen molar-refractivity contribution in [2.75, 3.05) is 55.7 Å². The van der Waals surface area contributed by atoms with Crippen molar-refractivity contribution in [3.8, 4) is 0 Å². The number of nitrogens with one attached hydrogen (secondary N) is 1. The van der Waals surface area contributed by atoms with E-state index in [-0.39, 0.29) is 25.5 Å². The van der Waals surface area contributed by atoms with E-state index in [4.69, 9.17) is 15.2 Å². The van der Waals surface area contributed by atoms with Gasteiger partial charge in [-0.1, -0.05) is 0 Å². The third-order valence-electron chi connectivity index (χ3n) is 4.18. The van der Waals surface area contributed by atoms with Gasteiger partial charge in [0, 0.05) is 13.1 Å². The summed E-state index contributed by atoms with van der Waals surface area (Å²) < 4.78 is 24.9. The topological polar surface area (TPSA) is 97.1 Å². The normalized spacial score (nSPS) is 20.6. The second-order valence-corrected chi connectivity index (χ2v) is 5.86. The summed E-state index contributed by atoms with van der Waals surface area (Å²) in [4.78, 5) is 26.5. The number of hydrogen-bond acceptors (Lipinski definition) is 6. The second kappa shape index (κ2) is 7.66. The van der Waals surface area contributed by atoms with Crippen molar-refractivity contribution in [1.82, 2.24) is 5.32 Å². The summed E-state index contributed by atoms with van der Waals surface area (Å²) in [7, 11) is 0. The number of morpholine rings is 1. The van der Waals surface area contributed by atoms with E-state index in [9.17, 15) is 14.0 Å². The van der Waals surface area contributed by atoms with Crippen LogP contribution in [0.15, 0.2) is 18.2 Å². The Hall–Kier alpha value is -2.39. The van der Waals surface area contributed by atoms with Crippen molar-refractivity contribution in [2.45, 2.75) is 6.10 Å². The number of anilines is 2. The van der Waals surface area contributed by atoms with Crippen LogP contribution in [0.1, 0.15) is 0 Å². The summed E-state index contributed by atoms with van der Waals surface area (Å²) in [5.74, 6) is -0.720. The molecule has 0 unspecified atom stereocenters. The van der Waals surface area contributed by atoms with Gasteiger partial charge in [-0.25, -0.2) is 9.18 Å². The van der Waals surface area contributed by atoms with Gasteiger partial charge < -0.3 is 25.4 Å². The molecule has 2 amide bonds. The molecule has 25 heavy (non-hydrogen) atoms. The maximum Gasteiger partial charge on any atom is 0.414 e. The first-order valence-corrected chi connectivity index (χ1v) is 8.15. The molecular weight excluding hydrogens is 331 g/mol. The molecule has 0 aliphatic carbocycles. The summed E-state index contributed by atoms with van der Waals surface area (Å²) in [6.07, 6.45) is -1.06. The zero-order valence-corrected chi connectivity index (χ0v) is 13.7. The van der Waals surface area contributed by atoms with Gasteiger partial charge in [0.1, 0.15) is 11.9 Å². The molecule has 2 aliphatic heterocycles. The van der Waals surface area contributed by atoms with Crippen molar-refractivity contribution >= 4 is 23.4 Å². The first-order chi connectivity index (χ1) is 12.1. The van der Waals surface area contributed by atoms with Crippen LogP contribution in [0.4, 0.5) is 20.6 Å². The van der Waals surface area contributed by atoms with Gasteiger partial charge in [0.15, 0.2) is 0 Å². The number of nitrogens with two attached hydrogens (primary N) is 1. The zero-order valence-electron chi connectivity index (χ0n) is 13.7. The number of benzene rings is 1. The molecule has 3 rings (SSSR count). The number of rotatable bonds is 5. The smallest absolute Gasteiger partial charge is 0.414 e. The average Bonchev–Trinajstić information content (AvgIpc) is 3.01. The fourth-order valence-corrected chi connectivity index (χ4v) is 2.86. The Bertz CT molecular complexity index is 651. The summed E-state index contributed by atoms with van der Waals surface area (Å²) >= 11 is 0. The van der Waals surface area contributed by atoms with Crippen LogP contribution in [0, 0.1) is 5.82 Å². The molecule has 2 heterocycles. The van der Waals surface area contributed by atoms with Gasteiger partial charge in [0.25, 0.3) is 0 Å². The Morgan fingerprint density at radius 2 is 2.12 bits per heavy atom. The van der Waals surface area contributed by atoms with Crippen molar-refractivity contribution in [3.63, 3.8) is 0 Å². The molecule has 1 atom stereocenters. The van der Waals surface area contributed by atoms with E-state index in [0.717, 1.165) is 0 Å². The third-order valence-corrected chi connectivity index (χ3v) is 4.18. The fourth-order valence-electron chi connectivity index (χ4n) is 2.86. The second-order valence-electron chi connectivity index (χ2n) is 5.86. The van der Waals surface area contributed by atoms with E-state index >= 15 is 0 Å². The predicted molar refractivity (Wildman–Crippen MR) is 89.1 cm³/mol. The SMILES string of the molecule is NCC(=O)NC[C@@H]1CN(c2ccc(N3CCOCC3)c(F)c2)C(=O)O1. The largest absolute Gasteiger partial charge is 0.442 e. The molecule has 9 heteroatoms. The van der Waals surface area contributed by atoms with Gasteiger partial charge in [-0.3, -0.25) is 9.69 Å². The van der Waals surface area contributed by atoms with Crippen molar-refractivity contribution < 1.29 is 23.5 Å². The Kier molecular flexibility index (Phi) is 5.34. The number of halogens is 1. The Morgan fingerprint density at radius 3 is 2.80 bits per heavy atom. The molecule has 8 nitrogen and oxygen atoms in total. The molecule has 1 aromatic rings. The number of carbonyl (C=O) groups is 2. The summed E-state index contributed by atoms with van der Waals surface area (Å²) in [6, 6.07) is 4.68. The summed E-state index contributed by atoms with van der Waals surface area (Å²) in [5, 5.41) is 2.57. The first-order valence-electron chi connectivity index (χ1n) is 8.15. The number of ether oxygens (including phenoxy) is 2. The molecule has 2 saturated heterocycles. The highest BCUT2D eigenvalue weighted by Gasteiger charge is 2.33. The highest BCUT2D eigenvalue weighted by atomic mass is 19.1. The molecule has 3 N–H and O–H groups in total. The first kappa shape index (κ1) is 17.4. The van der Waals surface area contributed by atoms with Crippen LogP contribution in [-0.4, -0.2) is 64.0 Å². The van der Waals surface area contributed by atoms with Crippen LogP contribution in [-0.2, 0) is 14.3 Å². The maximum atomic E-state index is 14.5. The average molecular weight is 352 g/mol. The van der Waals surface area contributed by atoms with Crippen LogP contribution in [0.25, 0.3) is 0 Å². The van der Waals surface area contributed by atoms with Gasteiger partial charge in [-0.05, 0) is 18.2 Å². The molecular formula is C16H21FN4O4. The maximum absolute atomic E-state index is 14.5. The van der Waals surface area contributed by atoms with Gasteiger partial charge in [-0.2, -0.15) is 0 Å². The summed E-state index contributed by atoms with van der Waals surface area (Å²) in [5.41, 5.74) is 6.13. The number of carbonyl (C=O) groups excluding carboxylic acids is 2. The minimum Gasteiger partial charge on any atom is -0.442 e. The highest BCUT2D eigenvalue weighted by molar-refractivity contribution is 5.90. The minimum absolute atomic E-state index is 0.126. The molecule has 1 aromatic carbocycles. The molecule has 0 aromatic heterocycles. The zero-order chi connectivity index (χ0) is 17.8. The molecule has 2 aliphatic rings. The van der Waals surface area contributed by atoms with Gasteiger partial charge in [-0.15, -0.1) is 0 Å². The Labute approximate surface area is 144 Å². The van der Waals surface area contributed by atoms with E-state index in [1.165, 1.54) is 11.0 Å². The number of hydrogen-bond donors (Lipinski definition) is 2. The molecule has 0 spiro atoms. The van der Waals surface area contributed by atoms with Crippen molar-refractivity contribution in [1.29, 1.82) is 0 Å². The molecule has 0 radical (unpaired) electrons. The van der Waals surface area contributed by atoms with Crippen LogP contribution < -0.4 is 20.9 Å². The van der Waals surface area contributed by atoms with E-state index in [1.54, 1.807) is 12.1 Å². The fraction of sp³-hybridized carbons (Fsp3) is 0.500. The highest BCUT2D eigenvalue weighted by Crippen LogP contribution is 2.28.